The van der Waals surface area contributed by atoms with Gasteiger partial charge in [0.1, 0.15) is 11.2 Å². The molecule has 0 saturated carbocycles. The Morgan fingerprint density at radius 3 is 1.94 bits per heavy atom. The summed E-state index contributed by atoms with van der Waals surface area (Å²) in [6.45, 7) is 13.1. The standard InChI is InChI=1S/C24H41NO8P2/c1-8-21(25-22(26)18(7)20-14-12-19(13-15-20)16-17(5)6)24(11-4)23(9-2,10-3)31-34(27,28)33-35(29,30)32-24/h12-15,17-18,21H,8-11,16H2,1-7H3,(H,25,26)(H,27,28)(H,29,30). The van der Waals surface area contributed by atoms with Gasteiger partial charge in [-0.3, -0.25) is 13.8 Å². The number of phosphoric ester groups is 2. The molecule has 0 aromatic heterocycles. The second-order valence-corrected chi connectivity index (χ2v) is 12.6. The summed E-state index contributed by atoms with van der Waals surface area (Å²) in [5.74, 6) is -0.273. The van der Waals surface area contributed by atoms with E-state index >= 15 is 0 Å². The molecule has 1 aliphatic heterocycles. The maximum atomic E-state index is 13.4. The van der Waals surface area contributed by atoms with Crippen molar-refractivity contribution in [2.45, 2.75) is 104 Å². The summed E-state index contributed by atoms with van der Waals surface area (Å²) in [6.07, 6.45) is 1.76. The largest absolute Gasteiger partial charge is 0.481 e. The van der Waals surface area contributed by atoms with Crippen LogP contribution in [-0.2, 0) is 33.7 Å². The first kappa shape index (κ1) is 30.2. The molecule has 35 heavy (non-hydrogen) atoms. The Hall–Kier alpha value is -1.05. The highest BCUT2D eigenvalue weighted by Gasteiger charge is 2.64. The first-order valence-electron chi connectivity index (χ1n) is 12.4. The van der Waals surface area contributed by atoms with Gasteiger partial charge in [0.25, 0.3) is 0 Å². The van der Waals surface area contributed by atoms with E-state index in [-0.39, 0.29) is 25.2 Å². The van der Waals surface area contributed by atoms with Crippen molar-refractivity contribution in [3.05, 3.63) is 35.4 Å². The molecule has 2 rings (SSSR count). The van der Waals surface area contributed by atoms with Crippen LogP contribution in [0.5, 0.6) is 0 Å². The number of benzene rings is 1. The van der Waals surface area contributed by atoms with Crippen LogP contribution in [0.3, 0.4) is 0 Å². The van der Waals surface area contributed by atoms with Crippen molar-refractivity contribution in [1.29, 1.82) is 0 Å². The Bertz CT molecular complexity index is 963. The number of rotatable bonds is 10. The molecule has 0 aliphatic carbocycles. The van der Waals surface area contributed by atoms with E-state index in [1.54, 1.807) is 34.6 Å². The predicted octanol–water partition coefficient (Wildman–Crippen LogP) is 5.86. The van der Waals surface area contributed by atoms with E-state index in [9.17, 15) is 23.7 Å². The average molecular weight is 534 g/mol. The first-order chi connectivity index (χ1) is 16.2. The molecular weight excluding hydrogens is 492 g/mol. The van der Waals surface area contributed by atoms with Gasteiger partial charge in [-0.2, -0.15) is 4.31 Å². The van der Waals surface area contributed by atoms with Crippen LogP contribution in [0.25, 0.3) is 0 Å². The summed E-state index contributed by atoms with van der Waals surface area (Å²) in [5, 5.41) is 2.99. The first-order valence-corrected chi connectivity index (χ1v) is 15.4. The zero-order chi connectivity index (χ0) is 26.7. The summed E-state index contributed by atoms with van der Waals surface area (Å²) >= 11 is 0. The van der Waals surface area contributed by atoms with Gasteiger partial charge in [-0.15, -0.1) is 0 Å². The minimum atomic E-state index is -4.99. The number of amides is 1. The van der Waals surface area contributed by atoms with Gasteiger partial charge in [-0.1, -0.05) is 65.8 Å². The molecule has 11 heteroatoms. The smallest absolute Gasteiger partial charge is 0.350 e. The van der Waals surface area contributed by atoms with E-state index in [0.717, 1.165) is 12.0 Å². The average Bonchev–Trinajstić information content (AvgIpc) is 2.85. The third kappa shape index (κ3) is 6.64. The quantitative estimate of drug-likeness (QED) is 0.319. The maximum Gasteiger partial charge on any atom is 0.481 e. The Labute approximate surface area is 209 Å². The summed E-state index contributed by atoms with van der Waals surface area (Å²) in [5.41, 5.74) is -1.03. The Morgan fingerprint density at radius 1 is 0.943 bits per heavy atom. The van der Waals surface area contributed by atoms with Crippen LogP contribution in [-0.4, -0.2) is 32.9 Å². The van der Waals surface area contributed by atoms with Gasteiger partial charge in [0, 0.05) is 0 Å². The fourth-order valence-corrected chi connectivity index (χ4v) is 8.15. The van der Waals surface area contributed by atoms with E-state index in [1.807, 2.05) is 24.3 Å². The Balaban J connectivity index is 2.43. The van der Waals surface area contributed by atoms with Gasteiger partial charge in [0.05, 0.1) is 12.0 Å². The van der Waals surface area contributed by atoms with Gasteiger partial charge in [-0.25, -0.2) is 9.13 Å². The summed E-state index contributed by atoms with van der Waals surface area (Å²) in [6, 6.07) is 7.10. The van der Waals surface area contributed by atoms with E-state index < -0.39 is 38.8 Å². The molecule has 1 aromatic rings. The third-order valence-corrected chi connectivity index (χ3v) is 9.81. The zero-order valence-electron chi connectivity index (χ0n) is 21.8. The lowest BCUT2D eigenvalue weighted by Crippen LogP contribution is -2.66. The summed E-state index contributed by atoms with van der Waals surface area (Å²) in [7, 11) is -9.91. The highest BCUT2D eigenvalue weighted by molar-refractivity contribution is 7.61. The number of phosphoric acid groups is 2. The molecule has 0 spiro atoms. The third-order valence-electron chi connectivity index (χ3n) is 7.02. The number of nitrogens with one attached hydrogen (secondary N) is 1. The molecule has 1 fully saturated rings. The molecule has 3 N–H and O–H groups in total. The van der Waals surface area contributed by atoms with Gasteiger partial charge in [-0.05, 0) is 56.1 Å². The lowest BCUT2D eigenvalue weighted by molar-refractivity contribution is -0.151. The fourth-order valence-electron chi connectivity index (χ4n) is 5.15. The van der Waals surface area contributed by atoms with E-state index in [2.05, 4.69) is 23.5 Å². The molecular formula is C24H41NO8P2. The van der Waals surface area contributed by atoms with E-state index in [1.165, 1.54) is 5.56 Å². The lowest BCUT2D eigenvalue weighted by atomic mass is 9.71. The van der Waals surface area contributed by atoms with Gasteiger partial charge >= 0.3 is 15.6 Å². The van der Waals surface area contributed by atoms with Gasteiger partial charge < -0.3 is 15.1 Å². The Morgan fingerprint density at radius 2 is 1.49 bits per heavy atom. The summed E-state index contributed by atoms with van der Waals surface area (Å²) < 4.78 is 41.0. The van der Waals surface area contributed by atoms with Crippen LogP contribution in [0.1, 0.15) is 91.2 Å². The van der Waals surface area contributed by atoms with Crippen LogP contribution in [0.2, 0.25) is 0 Å². The molecule has 1 saturated heterocycles. The van der Waals surface area contributed by atoms with Crippen LogP contribution in [0.4, 0.5) is 0 Å². The second-order valence-electron chi connectivity index (χ2n) is 9.68. The lowest BCUT2D eigenvalue weighted by Gasteiger charge is -2.50. The molecule has 1 aliphatic rings. The number of carbonyl (C=O) groups excluding carboxylic acids is 1. The van der Waals surface area contributed by atoms with Crippen LogP contribution >= 0.6 is 15.6 Å². The molecule has 200 valence electrons. The van der Waals surface area contributed by atoms with Crippen molar-refractivity contribution in [2.75, 3.05) is 0 Å². The van der Waals surface area contributed by atoms with E-state index in [0.29, 0.717) is 12.3 Å². The van der Waals surface area contributed by atoms with E-state index in [4.69, 9.17) is 9.05 Å². The molecule has 1 amide bonds. The number of hydrogen-bond acceptors (Lipinski definition) is 6. The van der Waals surface area contributed by atoms with Crippen LogP contribution in [0.15, 0.2) is 24.3 Å². The van der Waals surface area contributed by atoms with Crippen molar-refractivity contribution in [3.8, 4) is 0 Å². The molecule has 1 heterocycles. The Kier molecular flexibility index (Phi) is 9.96. The van der Waals surface area contributed by atoms with Crippen molar-refractivity contribution in [1.82, 2.24) is 5.32 Å². The van der Waals surface area contributed by atoms with Crippen molar-refractivity contribution >= 4 is 21.6 Å². The second kappa shape index (κ2) is 11.6. The number of hydrogen-bond donors (Lipinski definition) is 3. The molecule has 9 nitrogen and oxygen atoms in total. The highest BCUT2D eigenvalue weighted by Crippen LogP contribution is 2.70. The van der Waals surface area contributed by atoms with Crippen molar-refractivity contribution < 1.29 is 37.1 Å². The highest BCUT2D eigenvalue weighted by atomic mass is 31.3. The van der Waals surface area contributed by atoms with Crippen LogP contribution in [0, 0.1) is 5.92 Å². The SMILES string of the molecule is CCC(NC(=O)C(C)c1ccc(CC(C)C)cc1)C1(CC)OP(=O)(O)OP(=O)(O)OC1(CC)CC. The van der Waals surface area contributed by atoms with Gasteiger partial charge in [0.2, 0.25) is 5.91 Å². The molecule has 0 radical (unpaired) electrons. The zero-order valence-corrected chi connectivity index (χ0v) is 23.6. The monoisotopic (exact) mass is 533 g/mol. The normalized spacial score (nSPS) is 30.5. The topological polar surface area (TPSA) is 131 Å². The number of carbonyl (C=O) groups is 1. The minimum absolute atomic E-state index is 0.125. The van der Waals surface area contributed by atoms with Gasteiger partial charge in [0.15, 0.2) is 0 Å². The predicted molar refractivity (Wildman–Crippen MR) is 135 cm³/mol. The molecule has 0 bridgehead atoms. The van der Waals surface area contributed by atoms with Crippen LogP contribution < -0.4 is 5.32 Å². The molecule has 1 aromatic carbocycles. The minimum Gasteiger partial charge on any atom is -0.350 e. The van der Waals surface area contributed by atoms with Crippen molar-refractivity contribution in [3.63, 3.8) is 0 Å². The fraction of sp³-hybridized carbons (Fsp3) is 0.708. The molecule has 5 unspecified atom stereocenters. The van der Waals surface area contributed by atoms with Crippen molar-refractivity contribution in [2.24, 2.45) is 5.92 Å². The molecule has 5 atom stereocenters. The summed E-state index contributed by atoms with van der Waals surface area (Å²) in [4.78, 5) is 33.9. The maximum absolute atomic E-state index is 13.4.